The third-order valence-corrected chi connectivity index (χ3v) is 7.07. The number of aromatic nitrogens is 1. The van der Waals surface area contributed by atoms with Crippen LogP contribution in [0, 0.1) is 20.8 Å². The van der Waals surface area contributed by atoms with Crippen molar-refractivity contribution in [3.05, 3.63) is 77.1 Å². The Morgan fingerprint density at radius 1 is 1.00 bits per heavy atom. The number of amides is 1. The number of benzene rings is 2. The maximum Gasteiger partial charge on any atom is 0.340 e. The van der Waals surface area contributed by atoms with Crippen molar-refractivity contribution in [3.63, 3.8) is 0 Å². The number of hydrogen-bond donors (Lipinski definition) is 1. The van der Waals surface area contributed by atoms with Crippen LogP contribution in [0.3, 0.4) is 0 Å². The van der Waals surface area contributed by atoms with Gasteiger partial charge in [-0.3, -0.25) is 4.79 Å². The summed E-state index contributed by atoms with van der Waals surface area (Å²) in [4.78, 5) is 25.1. The molecule has 1 heterocycles. The number of aryl methyl sites for hydroxylation is 2. The fourth-order valence-corrected chi connectivity index (χ4v) is 4.37. The van der Waals surface area contributed by atoms with Gasteiger partial charge in [-0.1, -0.05) is 24.3 Å². The smallest absolute Gasteiger partial charge is 0.340 e. The molecule has 1 aromatic heterocycles. The van der Waals surface area contributed by atoms with Crippen LogP contribution in [0.1, 0.15) is 27.3 Å². The predicted molar refractivity (Wildman–Crippen MR) is 126 cm³/mol. The number of nitrogens with one attached hydrogen (secondary N) is 1. The zero-order valence-electron chi connectivity index (χ0n) is 19.2. The molecule has 174 valence electrons. The first kappa shape index (κ1) is 24.2. The average Bonchev–Trinajstić information content (AvgIpc) is 3.07. The van der Waals surface area contributed by atoms with Crippen molar-refractivity contribution in [2.24, 2.45) is 0 Å². The van der Waals surface area contributed by atoms with E-state index in [0.717, 1.165) is 15.7 Å². The zero-order valence-corrected chi connectivity index (χ0v) is 20.1. The zero-order chi connectivity index (χ0) is 24.3. The number of carbonyl (C=O) groups excluding carboxylic acids is 2. The lowest BCUT2D eigenvalue weighted by Crippen LogP contribution is -2.24. The van der Waals surface area contributed by atoms with Crippen molar-refractivity contribution in [2.75, 3.05) is 26.0 Å². The lowest BCUT2D eigenvalue weighted by molar-refractivity contribution is -0.119. The normalized spacial score (nSPS) is 11.5. The van der Waals surface area contributed by atoms with Gasteiger partial charge in [0.25, 0.3) is 5.91 Å². The van der Waals surface area contributed by atoms with Crippen LogP contribution in [0.25, 0.3) is 5.69 Å². The van der Waals surface area contributed by atoms with Gasteiger partial charge in [0, 0.05) is 36.9 Å². The van der Waals surface area contributed by atoms with E-state index in [9.17, 15) is 18.0 Å². The van der Waals surface area contributed by atoms with E-state index in [-0.39, 0.29) is 4.90 Å². The van der Waals surface area contributed by atoms with Crippen LogP contribution in [0.2, 0.25) is 0 Å². The summed E-state index contributed by atoms with van der Waals surface area (Å²) < 4.78 is 33.0. The van der Waals surface area contributed by atoms with Crippen LogP contribution in [0.4, 0.5) is 5.69 Å². The Labute approximate surface area is 193 Å². The number of anilines is 1. The van der Waals surface area contributed by atoms with Crippen LogP contribution in [-0.2, 0) is 19.6 Å². The van der Waals surface area contributed by atoms with Gasteiger partial charge in [0.05, 0.1) is 10.5 Å². The fraction of sp³-hybridized carbons (Fsp3) is 0.250. The highest BCUT2D eigenvalue weighted by Gasteiger charge is 2.21. The third kappa shape index (κ3) is 5.15. The Kier molecular flexibility index (Phi) is 7.04. The van der Waals surface area contributed by atoms with Crippen LogP contribution >= 0.6 is 0 Å². The van der Waals surface area contributed by atoms with Crippen molar-refractivity contribution in [1.29, 1.82) is 0 Å². The molecule has 3 aromatic rings. The fourth-order valence-electron chi connectivity index (χ4n) is 3.45. The van der Waals surface area contributed by atoms with E-state index in [1.807, 2.05) is 48.7 Å². The van der Waals surface area contributed by atoms with Crippen LogP contribution in [0.5, 0.6) is 0 Å². The number of rotatable bonds is 7. The first-order valence-corrected chi connectivity index (χ1v) is 11.7. The van der Waals surface area contributed by atoms with Gasteiger partial charge in [0.15, 0.2) is 6.61 Å². The Balaban J connectivity index is 1.71. The van der Waals surface area contributed by atoms with Gasteiger partial charge >= 0.3 is 5.97 Å². The maximum atomic E-state index is 12.6. The molecule has 0 bridgehead atoms. The third-order valence-electron chi connectivity index (χ3n) is 5.26. The average molecular weight is 470 g/mol. The van der Waals surface area contributed by atoms with Crippen LogP contribution < -0.4 is 5.32 Å². The highest BCUT2D eigenvalue weighted by molar-refractivity contribution is 7.89. The molecule has 0 unspecified atom stereocenters. The number of carbonyl (C=O) groups is 2. The predicted octanol–water partition coefficient (Wildman–Crippen LogP) is 3.45. The minimum Gasteiger partial charge on any atom is -0.452 e. The molecule has 0 spiro atoms. The molecule has 0 aliphatic rings. The van der Waals surface area contributed by atoms with Gasteiger partial charge in [0.1, 0.15) is 0 Å². The van der Waals surface area contributed by atoms with E-state index in [2.05, 4.69) is 5.32 Å². The molecule has 0 aliphatic heterocycles. The maximum absolute atomic E-state index is 12.6. The van der Waals surface area contributed by atoms with Crippen molar-refractivity contribution in [1.82, 2.24) is 8.87 Å². The van der Waals surface area contributed by atoms with Crippen molar-refractivity contribution in [3.8, 4) is 5.69 Å². The number of para-hydroxylation sites is 1. The molecule has 0 saturated heterocycles. The number of hydrogen-bond acceptors (Lipinski definition) is 5. The molecule has 0 radical (unpaired) electrons. The van der Waals surface area contributed by atoms with Gasteiger partial charge < -0.3 is 14.6 Å². The molecule has 3 rings (SSSR count). The molecule has 1 amide bonds. The monoisotopic (exact) mass is 469 g/mol. The summed E-state index contributed by atoms with van der Waals surface area (Å²) in [7, 11) is -0.784. The van der Waals surface area contributed by atoms with E-state index in [1.165, 1.54) is 26.2 Å². The van der Waals surface area contributed by atoms with Crippen LogP contribution in [0.15, 0.2) is 59.5 Å². The quantitative estimate of drug-likeness (QED) is 0.535. The number of esters is 1. The Morgan fingerprint density at radius 2 is 1.67 bits per heavy atom. The summed E-state index contributed by atoms with van der Waals surface area (Å²) in [6.07, 6.45) is 0. The van der Waals surface area contributed by atoms with Gasteiger partial charge in [-0.05, 0) is 56.7 Å². The van der Waals surface area contributed by atoms with Crippen molar-refractivity contribution < 1.29 is 22.7 Å². The van der Waals surface area contributed by atoms with Crippen molar-refractivity contribution in [2.45, 2.75) is 25.7 Å². The summed E-state index contributed by atoms with van der Waals surface area (Å²) in [5.74, 6) is -1.18. The minimum atomic E-state index is -3.65. The van der Waals surface area contributed by atoms with E-state index in [4.69, 9.17) is 4.74 Å². The van der Waals surface area contributed by atoms with Crippen LogP contribution in [-0.4, -0.2) is 49.9 Å². The lowest BCUT2D eigenvalue weighted by atomic mass is 10.2. The summed E-state index contributed by atoms with van der Waals surface area (Å²) in [5.41, 5.74) is 3.89. The molecule has 0 fully saturated rings. The number of ether oxygens (including phenoxy) is 1. The SMILES string of the molecule is Cc1ccc(S(=O)(=O)N(C)C)cc1NC(=O)COC(=O)c1cc(C)n(-c2ccccc2)c1C. The molecule has 0 atom stereocenters. The second-order valence-electron chi connectivity index (χ2n) is 7.84. The molecular weight excluding hydrogens is 442 g/mol. The summed E-state index contributed by atoms with van der Waals surface area (Å²) in [6.45, 7) is 4.95. The molecule has 1 N–H and O–H groups in total. The van der Waals surface area contributed by atoms with Gasteiger partial charge in [-0.25, -0.2) is 17.5 Å². The molecule has 9 heteroatoms. The highest BCUT2D eigenvalue weighted by atomic mass is 32.2. The van der Waals surface area contributed by atoms with E-state index in [0.29, 0.717) is 22.5 Å². The van der Waals surface area contributed by atoms with Crippen molar-refractivity contribution >= 4 is 27.6 Å². The number of sulfonamides is 1. The summed E-state index contributed by atoms with van der Waals surface area (Å²) in [5, 5.41) is 2.62. The molecule has 0 aliphatic carbocycles. The Hall–Kier alpha value is -3.43. The highest BCUT2D eigenvalue weighted by Crippen LogP contribution is 2.23. The lowest BCUT2D eigenvalue weighted by Gasteiger charge is -2.14. The second kappa shape index (κ2) is 9.60. The first-order valence-electron chi connectivity index (χ1n) is 10.3. The minimum absolute atomic E-state index is 0.0544. The molecule has 2 aromatic carbocycles. The number of nitrogens with zero attached hydrogens (tertiary/aromatic N) is 2. The Bertz CT molecular complexity index is 1300. The van der Waals surface area contributed by atoms with E-state index >= 15 is 0 Å². The topological polar surface area (TPSA) is 97.7 Å². The van der Waals surface area contributed by atoms with Gasteiger partial charge in [-0.15, -0.1) is 0 Å². The first-order chi connectivity index (χ1) is 15.5. The molecule has 0 saturated carbocycles. The largest absolute Gasteiger partial charge is 0.452 e. The summed E-state index contributed by atoms with van der Waals surface area (Å²) in [6, 6.07) is 15.8. The second-order valence-corrected chi connectivity index (χ2v) is 10.00. The van der Waals surface area contributed by atoms with Gasteiger partial charge in [-0.2, -0.15) is 0 Å². The standard InChI is InChI=1S/C24H27N3O5S/c1-16-11-12-20(33(30,31)26(4)5)14-22(16)25-23(28)15-32-24(29)21-13-17(2)27(18(21)3)19-9-7-6-8-10-19/h6-14H,15H2,1-5H3,(H,25,28). The molecule has 33 heavy (non-hydrogen) atoms. The molecular formula is C24H27N3O5S. The van der Waals surface area contributed by atoms with E-state index in [1.54, 1.807) is 19.1 Å². The van der Waals surface area contributed by atoms with Gasteiger partial charge in [0.2, 0.25) is 10.0 Å². The Morgan fingerprint density at radius 3 is 2.30 bits per heavy atom. The molecule has 8 nitrogen and oxygen atoms in total. The van der Waals surface area contributed by atoms with E-state index < -0.39 is 28.5 Å². The summed E-state index contributed by atoms with van der Waals surface area (Å²) >= 11 is 0.